The van der Waals surface area contributed by atoms with Gasteiger partial charge < -0.3 is 15.2 Å². The Balaban J connectivity index is 1.94. The van der Waals surface area contributed by atoms with Gasteiger partial charge >= 0.3 is 0 Å². The standard InChI is InChI=1S/C11H14ClNO2/c12-10-4-3-8(13)6-11(10)15-7-9-2-1-5-14-9/h3-4,6,9H,1-2,5,7,13H2. The molecule has 1 aliphatic heterocycles. The molecule has 2 N–H and O–H groups in total. The van der Waals surface area contributed by atoms with E-state index in [4.69, 9.17) is 26.8 Å². The van der Waals surface area contributed by atoms with Crippen molar-refractivity contribution in [1.29, 1.82) is 0 Å². The molecule has 1 aromatic rings. The molecule has 0 spiro atoms. The summed E-state index contributed by atoms with van der Waals surface area (Å²) in [6, 6.07) is 5.22. The molecule has 0 aliphatic carbocycles. The Bertz CT molecular complexity index is 337. The largest absolute Gasteiger partial charge is 0.489 e. The molecule has 1 unspecified atom stereocenters. The van der Waals surface area contributed by atoms with Gasteiger partial charge in [0.05, 0.1) is 11.1 Å². The molecule has 15 heavy (non-hydrogen) atoms. The molecule has 1 aromatic carbocycles. The SMILES string of the molecule is Nc1ccc(Cl)c(OCC2CCCO2)c1. The minimum absolute atomic E-state index is 0.197. The van der Waals surface area contributed by atoms with Crippen LogP contribution in [0.3, 0.4) is 0 Å². The van der Waals surface area contributed by atoms with Crippen molar-refractivity contribution in [3.05, 3.63) is 23.2 Å². The lowest BCUT2D eigenvalue weighted by Gasteiger charge is -2.12. The van der Waals surface area contributed by atoms with E-state index in [9.17, 15) is 0 Å². The van der Waals surface area contributed by atoms with Crippen molar-refractivity contribution >= 4 is 17.3 Å². The summed E-state index contributed by atoms with van der Waals surface area (Å²) in [4.78, 5) is 0. The number of hydrogen-bond acceptors (Lipinski definition) is 3. The number of halogens is 1. The first-order chi connectivity index (χ1) is 7.25. The van der Waals surface area contributed by atoms with E-state index < -0.39 is 0 Å². The third-order valence-electron chi connectivity index (χ3n) is 2.40. The van der Waals surface area contributed by atoms with Gasteiger partial charge in [-0.3, -0.25) is 0 Å². The maximum absolute atomic E-state index is 5.96. The van der Waals surface area contributed by atoms with Crippen LogP contribution in [0.4, 0.5) is 5.69 Å². The van der Waals surface area contributed by atoms with E-state index in [1.54, 1.807) is 18.2 Å². The minimum Gasteiger partial charge on any atom is -0.489 e. The van der Waals surface area contributed by atoms with Gasteiger partial charge in [0.25, 0.3) is 0 Å². The zero-order valence-electron chi connectivity index (χ0n) is 8.41. The predicted octanol–water partition coefficient (Wildman–Crippen LogP) is 2.48. The molecule has 0 amide bonds. The van der Waals surface area contributed by atoms with E-state index in [2.05, 4.69) is 0 Å². The van der Waals surface area contributed by atoms with Gasteiger partial charge in [-0.1, -0.05) is 11.6 Å². The molecule has 1 saturated heterocycles. The molecule has 3 nitrogen and oxygen atoms in total. The quantitative estimate of drug-likeness (QED) is 0.807. The molecule has 0 saturated carbocycles. The van der Waals surface area contributed by atoms with Crippen molar-refractivity contribution in [2.24, 2.45) is 0 Å². The molecular weight excluding hydrogens is 214 g/mol. The first kappa shape index (κ1) is 10.6. The molecule has 0 radical (unpaired) electrons. The third kappa shape index (κ3) is 2.76. The second-order valence-corrected chi connectivity index (χ2v) is 4.04. The van der Waals surface area contributed by atoms with Crippen molar-refractivity contribution in [3.8, 4) is 5.75 Å². The van der Waals surface area contributed by atoms with Gasteiger partial charge in [0.2, 0.25) is 0 Å². The van der Waals surface area contributed by atoms with Crippen molar-refractivity contribution in [2.45, 2.75) is 18.9 Å². The molecule has 1 aliphatic rings. The van der Waals surface area contributed by atoms with Crippen LogP contribution in [0.2, 0.25) is 5.02 Å². The Labute approximate surface area is 94.1 Å². The molecule has 82 valence electrons. The van der Waals surface area contributed by atoms with Gasteiger partial charge in [0.15, 0.2) is 0 Å². The van der Waals surface area contributed by atoms with E-state index in [0.717, 1.165) is 19.4 Å². The summed E-state index contributed by atoms with van der Waals surface area (Å²) in [5.41, 5.74) is 6.30. The Morgan fingerprint density at radius 2 is 2.40 bits per heavy atom. The van der Waals surface area contributed by atoms with E-state index in [-0.39, 0.29) is 6.10 Å². The lowest BCUT2D eigenvalue weighted by molar-refractivity contribution is 0.0680. The number of anilines is 1. The second-order valence-electron chi connectivity index (χ2n) is 3.64. The Hall–Kier alpha value is -0.930. The number of nitrogen functional groups attached to an aromatic ring is 1. The van der Waals surface area contributed by atoms with Crippen LogP contribution < -0.4 is 10.5 Å². The van der Waals surface area contributed by atoms with Crippen LogP contribution >= 0.6 is 11.6 Å². The molecule has 2 rings (SSSR count). The number of benzene rings is 1. The Kier molecular flexibility index (Phi) is 3.34. The van der Waals surface area contributed by atoms with Crippen molar-refractivity contribution in [2.75, 3.05) is 18.9 Å². The number of rotatable bonds is 3. The second kappa shape index (κ2) is 4.73. The van der Waals surface area contributed by atoms with Gasteiger partial charge in [0.1, 0.15) is 12.4 Å². The zero-order valence-corrected chi connectivity index (χ0v) is 9.17. The van der Waals surface area contributed by atoms with Gasteiger partial charge in [-0.25, -0.2) is 0 Å². The summed E-state index contributed by atoms with van der Waals surface area (Å²) in [6.07, 6.45) is 2.36. The van der Waals surface area contributed by atoms with Crippen molar-refractivity contribution in [3.63, 3.8) is 0 Å². The van der Waals surface area contributed by atoms with E-state index in [0.29, 0.717) is 23.1 Å². The summed E-state index contributed by atoms with van der Waals surface area (Å²) in [7, 11) is 0. The molecule has 1 heterocycles. The summed E-state index contributed by atoms with van der Waals surface area (Å²) in [5, 5.41) is 0.585. The van der Waals surface area contributed by atoms with E-state index in [1.807, 2.05) is 0 Å². The van der Waals surface area contributed by atoms with Crippen LogP contribution in [0.15, 0.2) is 18.2 Å². The van der Waals surface area contributed by atoms with Crippen LogP contribution in [0.1, 0.15) is 12.8 Å². The normalized spacial score (nSPS) is 20.5. The summed E-state index contributed by atoms with van der Waals surface area (Å²) >= 11 is 5.96. The first-order valence-electron chi connectivity index (χ1n) is 5.05. The highest BCUT2D eigenvalue weighted by atomic mass is 35.5. The first-order valence-corrected chi connectivity index (χ1v) is 5.43. The molecular formula is C11H14ClNO2. The van der Waals surface area contributed by atoms with E-state index >= 15 is 0 Å². The summed E-state index contributed by atoms with van der Waals surface area (Å²) in [5.74, 6) is 0.632. The predicted molar refractivity (Wildman–Crippen MR) is 60.3 cm³/mol. The molecule has 1 atom stereocenters. The van der Waals surface area contributed by atoms with Crippen LogP contribution in [0.5, 0.6) is 5.75 Å². The molecule has 4 heteroatoms. The number of hydrogen-bond donors (Lipinski definition) is 1. The molecule has 0 aromatic heterocycles. The topological polar surface area (TPSA) is 44.5 Å². The zero-order chi connectivity index (χ0) is 10.7. The average molecular weight is 228 g/mol. The smallest absolute Gasteiger partial charge is 0.140 e. The minimum atomic E-state index is 0.197. The monoisotopic (exact) mass is 227 g/mol. The number of ether oxygens (including phenoxy) is 2. The van der Waals surface area contributed by atoms with Crippen molar-refractivity contribution in [1.82, 2.24) is 0 Å². The van der Waals surface area contributed by atoms with Crippen LogP contribution in [-0.2, 0) is 4.74 Å². The maximum atomic E-state index is 5.96. The molecule has 0 bridgehead atoms. The third-order valence-corrected chi connectivity index (χ3v) is 2.72. The van der Waals surface area contributed by atoms with Gasteiger partial charge in [-0.05, 0) is 25.0 Å². The average Bonchev–Trinajstić information content (AvgIpc) is 2.72. The lowest BCUT2D eigenvalue weighted by atomic mass is 10.2. The summed E-state index contributed by atoms with van der Waals surface area (Å²) < 4.78 is 11.0. The van der Waals surface area contributed by atoms with Gasteiger partial charge in [-0.2, -0.15) is 0 Å². The van der Waals surface area contributed by atoms with Gasteiger partial charge in [-0.15, -0.1) is 0 Å². The van der Waals surface area contributed by atoms with Crippen LogP contribution in [0.25, 0.3) is 0 Å². The highest BCUT2D eigenvalue weighted by Crippen LogP contribution is 2.27. The van der Waals surface area contributed by atoms with E-state index in [1.165, 1.54) is 0 Å². The van der Waals surface area contributed by atoms with Gasteiger partial charge in [0, 0.05) is 18.4 Å². The molecule has 1 fully saturated rings. The Morgan fingerprint density at radius 1 is 1.53 bits per heavy atom. The fourth-order valence-electron chi connectivity index (χ4n) is 1.59. The van der Waals surface area contributed by atoms with Crippen LogP contribution in [0, 0.1) is 0 Å². The maximum Gasteiger partial charge on any atom is 0.140 e. The van der Waals surface area contributed by atoms with Crippen LogP contribution in [-0.4, -0.2) is 19.3 Å². The number of nitrogens with two attached hydrogens (primary N) is 1. The Morgan fingerprint density at radius 3 is 3.13 bits per heavy atom. The lowest BCUT2D eigenvalue weighted by Crippen LogP contribution is -2.16. The fourth-order valence-corrected chi connectivity index (χ4v) is 1.76. The summed E-state index contributed by atoms with van der Waals surface area (Å²) in [6.45, 7) is 1.38. The highest BCUT2D eigenvalue weighted by molar-refractivity contribution is 6.32. The fraction of sp³-hybridized carbons (Fsp3) is 0.455. The van der Waals surface area contributed by atoms with Crippen molar-refractivity contribution < 1.29 is 9.47 Å². The highest BCUT2D eigenvalue weighted by Gasteiger charge is 2.16.